The first-order valence-electron chi connectivity index (χ1n) is 17.7. The number of aliphatic hydroxyl groups is 1. The van der Waals surface area contributed by atoms with Crippen molar-refractivity contribution in [3.8, 4) is 5.75 Å². The monoisotopic (exact) mass is 730 g/mol. The van der Waals surface area contributed by atoms with E-state index >= 15 is 0 Å². The average Bonchev–Trinajstić information content (AvgIpc) is 3.37. The Kier molecular flexibility index (Phi) is 8.71. The number of ether oxygens (including phenoxy) is 1. The number of hydrogen-bond donors (Lipinski definition) is 3. The maximum Gasteiger partial charge on any atom is 0.286 e. The fourth-order valence-electron chi connectivity index (χ4n) is 8.40. The van der Waals surface area contributed by atoms with Crippen molar-refractivity contribution >= 4 is 55.9 Å². The molecule has 2 bridgehead atoms. The first kappa shape index (κ1) is 33.9. The molecule has 1 saturated carbocycles. The Morgan fingerprint density at radius 3 is 2.86 bits per heavy atom. The highest BCUT2D eigenvalue weighted by Gasteiger charge is 2.44. The first-order chi connectivity index (χ1) is 24.5. The van der Waals surface area contributed by atoms with Gasteiger partial charge in [-0.15, -0.1) is 4.36 Å². The SMILES string of the molecule is C[C@H]1C/C=C\[C@H](O)[C@@H]2CC[C@H]2CN2C[C@@]3(CCCc4cc(Cl)ccc43)COc3ccc(cc32)C(=O)N=S(=O)(Nc2nc(N)nc3nn(C)cc23)C1. The van der Waals surface area contributed by atoms with Crippen LogP contribution < -0.4 is 20.1 Å². The van der Waals surface area contributed by atoms with Crippen LogP contribution in [0.5, 0.6) is 5.75 Å². The molecule has 4 heterocycles. The van der Waals surface area contributed by atoms with Gasteiger partial charge in [0.15, 0.2) is 11.5 Å². The number of allylic oxidation sites excluding steroid dienone is 1. The molecular formula is C37H43ClN8O4S. The molecule has 1 amide bonds. The summed E-state index contributed by atoms with van der Waals surface area (Å²) in [6.07, 6.45) is 10.4. The van der Waals surface area contributed by atoms with E-state index in [2.05, 4.69) is 41.2 Å². The third kappa shape index (κ3) is 6.55. The lowest BCUT2D eigenvalue weighted by atomic mass is 9.68. The van der Waals surface area contributed by atoms with E-state index in [0.29, 0.717) is 48.5 Å². The number of aliphatic hydroxyl groups excluding tert-OH is 1. The van der Waals surface area contributed by atoms with Gasteiger partial charge in [0.25, 0.3) is 5.91 Å². The molecule has 6 atom stereocenters. The number of fused-ring (bicyclic) bond motifs is 5. The molecule has 2 aromatic carbocycles. The molecular weight excluding hydrogens is 688 g/mol. The van der Waals surface area contributed by atoms with Crippen molar-refractivity contribution in [3.63, 3.8) is 0 Å². The molecule has 4 aromatic rings. The minimum absolute atomic E-state index is 0.0437. The fourth-order valence-corrected chi connectivity index (χ4v) is 10.5. The number of nitrogen functional groups attached to an aromatic ring is 1. The van der Waals surface area contributed by atoms with Gasteiger partial charge in [0.05, 0.1) is 29.5 Å². The summed E-state index contributed by atoms with van der Waals surface area (Å²) in [5.74, 6) is 0.494. The van der Waals surface area contributed by atoms with Gasteiger partial charge in [-0.2, -0.15) is 15.1 Å². The van der Waals surface area contributed by atoms with Gasteiger partial charge >= 0.3 is 0 Å². The summed E-state index contributed by atoms with van der Waals surface area (Å²) in [5, 5.41) is 16.9. The minimum atomic E-state index is -3.45. The molecule has 1 unspecified atom stereocenters. The average molecular weight is 731 g/mol. The van der Waals surface area contributed by atoms with Gasteiger partial charge in [-0.05, 0) is 97.7 Å². The maximum atomic E-state index is 14.8. The summed E-state index contributed by atoms with van der Waals surface area (Å²) in [7, 11) is -1.71. The quantitative estimate of drug-likeness (QED) is 0.220. The summed E-state index contributed by atoms with van der Waals surface area (Å²) < 4.78 is 30.4. The van der Waals surface area contributed by atoms with Gasteiger partial charge in [0, 0.05) is 42.3 Å². The molecule has 4 aliphatic rings. The summed E-state index contributed by atoms with van der Waals surface area (Å²) in [4.78, 5) is 25.0. The fraction of sp³-hybridized carbons (Fsp3) is 0.459. The number of hydrogen-bond acceptors (Lipinski definition) is 9. The largest absolute Gasteiger partial charge is 0.490 e. The zero-order chi connectivity index (χ0) is 35.5. The van der Waals surface area contributed by atoms with Gasteiger partial charge in [-0.1, -0.05) is 36.7 Å². The lowest BCUT2D eigenvalue weighted by Crippen LogP contribution is -2.49. The molecule has 1 fully saturated rings. The number of carbonyl (C=O) groups is 1. The molecule has 2 aliphatic carbocycles. The number of nitrogens with one attached hydrogen (secondary N) is 1. The van der Waals surface area contributed by atoms with E-state index in [1.165, 1.54) is 11.1 Å². The zero-order valence-corrected chi connectivity index (χ0v) is 30.4. The Hall–Kier alpha value is -4.20. The van der Waals surface area contributed by atoms with Crippen LogP contribution in [0.15, 0.2) is 59.1 Å². The van der Waals surface area contributed by atoms with E-state index in [0.717, 1.165) is 42.8 Å². The summed E-state index contributed by atoms with van der Waals surface area (Å²) >= 11 is 6.45. The van der Waals surface area contributed by atoms with Crippen LogP contribution in [0.25, 0.3) is 11.0 Å². The number of anilines is 3. The predicted octanol–water partition coefficient (Wildman–Crippen LogP) is 5.69. The van der Waals surface area contributed by atoms with E-state index in [1.807, 2.05) is 37.3 Å². The summed E-state index contributed by atoms with van der Waals surface area (Å²) in [5.41, 5.74) is 9.67. The van der Waals surface area contributed by atoms with Crippen LogP contribution in [0.3, 0.4) is 0 Å². The topological polar surface area (TPSA) is 161 Å². The molecule has 268 valence electrons. The Morgan fingerprint density at radius 2 is 2.04 bits per heavy atom. The number of rotatable bonds is 2. The predicted molar refractivity (Wildman–Crippen MR) is 199 cm³/mol. The number of nitrogens with zero attached hydrogens (tertiary/aromatic N) is 6. The Labute approximate surface area is 302 Å². The number of nitrogens with two attached hydrogens (primary N) is 1. The van der Waals surface area contributed by atoms with Gasteiger partial charge in [-0.25, -0.2) is 4.21 Å². The Bertz CT molecular complexity index is 2180. The van der Waals surface area contributed by atoms with Crippen LogP contribution in [0.1, 0.15) is 60.5 Å². The second-order valence-electron chi connectivity index (χ2n) is 14.8. The molecule has 12 nitrogen and oxygen atoms in total. The highest BCUT2D eigenvalue weighted by molar-refractivity contribution is 7.95. The van der Waals surface area contributed by atoms with Crippen molar-refractivity contribution in [2.75, 3.05) is 40.8 Å². The molecule has 2 aliphatic heterocycles. The highest BCUT2D eigenvalue weighted by atomic mass is 35.5. The molecule has 4 N–H and O–H groups in total. The standard InChI is InChI=1S/C37H43ClN8O4S/c1-22-5-3-7-31(47)27-11-8-25(27)17-46-20-37(14-4-6-23-15-26(38)10-12-29(23)37)21-50-32-13-9-24(16-30(32)46)35(48)44-51(49,19-22)43-34-28-18-45(2)42-33(28)40-36(39)41-34/h3,7,9-10,12-13,15-16,18,22,25,27,31,47H,4-6,8,11,14,17,19-21H2,1-2H3,(H3,39,40,41,42,43,44,48,49)/b7-3-/t22-,25-,27+,31-,37-,51?/m0/s1. The van der Waals surface area contributed by atoms with E-state index in [4.69, 9.17) is 22.1 Å². The number of amides is 1. The van der Waals surface area contributed by atoms with Gasteiger partial charge in [0.2, 0.25) is 5.95 Å². The highest BCUT2D eigenvalue weighted by Crippen LogP contribution is 2.47. The van der Waals surface area contributed by atoms with E-state index < -0.39 is 21.9 Å². The van der Waals surface area contributed by atoms with E-state index in [9.17, 15) is 14.1 Å². The molecule has 51 heavy (non-hydrogen) atoms. The lowest BCUT2D eigenvalue weighted by molar-refractivity contribution is 0.0456. The molecule has 8 rings (SSSR count). The van der Waals surface area contributed by atoms with Crippen molar-refractivity contribution in [1.82, 2.24) is 19.7 Å². The number of benzene rings is 2. The minimum Gasteiger partial charge on any atom is -0.490 e. The number of aryl methyl sites for hydroxylation is 2. The molecule has 0 radical (unpaired) electrons. The van der Waals surface area contributed by atoms with Gasteiger partial charge in [0.1, 0.15) is 15.7 Å². The van der Waals surface area contributed by atoms with Crippen molar-refractivity contribution in [3.05, 3.63) is 76.5 Å². The van der Waals surface area contributed by atoms with Crippen molar-refractivity contribution in [2.24, 2.45) is 29.2 Å². The van der Waals surface area contributed by atoms with Crippen LogP contribution in [0, 0.1) is 17.8 Å². The zero-order valence-electron chi connectivity index (χ0n) is 28.8. The van der Waals surface area contributed by atoms with Crippen LogP contribution in [-0.2, 0) is 28.8 Å². The van der Waals surface area contributed by atoms with Gasteiger partial charge in [-0.3, -0.25) is 14.2 Å². The van der Waals surface area contributed by atoms with Gasteiger partial charge < -0.3 is 20.5 Å². The number of aromatic nitrogens is 4. The van der Waals surface area contributed by atoms with Crippen LogP contribution in [0.4, 0.5) is 17.5 Å². The number of halogens is 1. The van der Waals surface area contributed by atoms with E-state index in [-0.39, 0.29) is 40.7 Å². The van der Waals surface area contributed by atoms with E-state index in [1.54, 1.807) is 24.0 Å². The third-order valence-corrected chi connectivity index (χ3v) is 13.3. The smallest absolute Gasteiger partial charge is 0.286 e. The molecule has 0 saturated heterocycles. The molecule has 2 aromatic heterocycles. The number of carbonyl (C=O) groups excluding carboxylic acids is 1. The summed E-state index contributed by atoms with van der Waals surface area (Å²) in [6.45, 7) is 3.83. The van der Waals surface area contributed by atoms with Crippen LogP contribution in [0.2, 0.25) is 5.02 Å². The normalized spacial score (nSPS) is 30.0. The lowest BCUT2D eigenvalue weighted by Gasteiger charge is -2.45. The Balaban J connectivity index is 1.22. The second kappa shape index (κ2) is 13.1. The molecule has 14 heteroatoms. The van der Waals surface area contributed by atoms with Crippen molar-refractivity contribution < 1.29 is 18.8 Å². The molecule has 1 spiro atoms. The van der Waals surface area contributed by atoms with Crippen LogP contribution in [-0.4, -0.2) is 66.5 Å². The van der Waals surface area contributed by atoms with Crippen molar-refractivity contribution in [1.29, 1.82) is 0 Å². The maximum absolute atomic E-state index is 14.8. The third-order valence-electron chi connectivity index (χ3n) is 11.0. The Morgan fingerprint density at radius 1 is 1.18 bits per heavy atom. The first-order valence-corrected chi connectivity index (χ1v) is 19.7. The second-order valence-corrected chi connectivity index (χ2v) is 17.3. The van der Waals surface area contributed by atoms with Crippen LogP contribution >= 0.6 is 11.6 Å². The van der Waals surface area contributed by atoms with Crippen molar-refractivity contribution in [2.45, 2.75) is 57.0 Å². The summed E-state index contributed by atoms with van der Waals surface area (Å²) in [6, 6.07) is 11.5.